The van der Waals surface area contributed by atoms with Crippen molar-refractivity contribution in [2.24, 2.45) is 81.8 Å². The molecule has 4 saturated carbocycles. The second kappa shape index (κ2) is 61.3. The molecule has 0 aromatic heterocycles. The summed E-state index contributed by atoms with van der Waals surface area (Å²) in [6, 6.07) is 24.4. The first-order chi connectivity index (χ1) is 70.7. The van der Waals surface area contributed by atoms with Crippen molar-refractivity contribution in [1.29, 1.82) is 0 Å². The van der Waals surface area contributed by atoms with E-state index in [4.69, 9.17) is 56.8 Å². The smallest absolute Gasteiger partial charge is 0.311 e. The molecule has 0 unspecified atom stereocenters. The number of carbonyl (C=O) groups excluding carboxylic acids is 12. The third kappa shape index (κ3) is 38.1. The molecule has 20 atom stereocenters. The minimum Gasteiger partial charge on any atom is -0.486 e. The largest absolute Gasteiger partial charge is 0.486 e. The van der Waals surface area contributed by atoms with E-state index >= 15 is 0 Å². The Hall–Kier alpha value is -9.48. The van der Waals surface area contributed by atoms with Gasteiger partial charge in [0.1, 0.15) is 98.3 Å². The molecular formula is C124H184O24. The molecule has 4 aromatic carbocycles. The maximum absolute atomic E-state index is 13.0. The van der Waals surface area contributed by atoms with Crippen LogP contribution in [0.25, 0.3) is 0 Å². The molecule has 824 valence electrons. The Morgan fingerprint density at radius 1 is 0.284 bits per heavy atom. The fourth-order valence-corrected chi connectivity index (χ4v) is 24.4. The molecule has 8 aliphatic carbocycles. The van der Waals surface area contributed by atoms with Crippen LogP contribution in [0.4, 0.5) is 0 Å². The van der Waals surface area contributed by atoms with E-state index in [1.165, 1.54) is 86.1 Å². The predicted octanol–water partition coefficient (Wildman–Crippen LogP) is 25.3. The van der Waals surface area contributed by atoms with Crippen molar-refractivity contribution >= 4 is 70.9 Å². The summed E-state index contributed by atoms with van der Waals surface area (Å²) in [6.45, 7) is 37.2. The lowest BCUT2D eigenvalue weighted by Gasteiger charge is -2.33. The van der Waals surface area contributed by atoms with E-state index in [0.29, 0.717) is 73.0 Å². The summed E-state index contributed by atoms with van der Waals surface area (Å²) in [5.41, 5.74) is 8.70. The molecule has 0 amide bonds. The van der Waals surface area contributed by atoms with Gasteiger partial charge < -0.3 is 56.8 Å². The molecule has 0 N–H and O–H groups in total. The molecule has 0 spiro atoms. The number of hydrogen-bond donors (Lipinski definition) is 0. The van der Waals surface area contributed by atoms with Crippen molar-refractivity contribution in [3.8, 4) is 23.0 Å². The molecule has 0 radical (unpaired) electrons. The standard InChI is InChI=1S/C34H52O6.C32H48O6.C30H44O6.C28H40O6/c1-9-10-11-14-25(39-31(36)33(3,4)5)16-17-26-27-18-23-13-12-15-29(38-21-22(2)35)28(23)19-24(27)20-30(26)40-32(37)34(6,7)8;1-5-8-9-14-25(37-31(34)11-6-2)16-17-26-27-18-23-13-10-15-29(36-21-22(4)33)28(23)19-24(27)20-30(26)38-32(35)12-7-3;1-5-8-9-12-23(35-29(32)6-2)14-15-24-25-16-21-11-10-13-27(34-19-20(4)31)26(21)17-22(25)18-28(24)36-30(33)7-3;1-5-6-7-10-23(33-19(3)30)12-13-24-25-14-21-9-8-11-27(32-17-18(2)29)26(21)15-22(25)16-28(24)34-20(4)31/h12-13,15,24-27,30H,9-11,14,16-21H2,1-8H3;10,13,15,24-27,30H,5-9,11-12,14,16-21H2,1-4H3;10-11,13,22-25,28H,5-9,12,14-19H2,1-4H3;8-9,11,22-25,28H,5-7,10,12-17H2,1-4H3/t2*24-,25-,26+,27-,30+;2*22-,23-,24+,25-,28+/m0000/s1. The van der Waals surface area contributed by atoms with Crippen LogP contribution in [0.5, 0.6) is 23.0 Å². The van der Waals surface area contributed by atoms with E-state index in [2.05, 4.69) is 52.0 Å². The highest BCUT2D eigenvalue weighted by Gasteiger charge is 2.53. The van der Waals surface area contributed by atoms with Crippen LogP contribution >= 0.6 is 0 Å². The van der Waals surface area contributed by atoms with Crippen LogP contribution in [-0.2, 0) is 147 Å². The van der Waals surface area contributed by atoms with Gasteiger partial charge in [-0.2, -0.15) is 0 Å². The Labute approximate surface area is 885 Å². The Morgan fingerprint density at radius 2 is 0.561 bits per heavy atom. The van der Waals surface area contributed by atoms with Gasteiger partial charge in [0.15, 0.2) is 23.1 Å². The zero-order valence-corrected chi connectivity index (χ0v) is 93.8. The maximum atomic E-state index is 13.0. The van der Waals surface area contributed by atoms with Crippen LogP contribution in [0, 0.1) is 81.8 Å². The van der Waals surface area contributed by atoms with E-state index in [9.17, 15) is 57.5 Å². The number of rotatable bonds is 54. The van der Waals surface area contributed by atoms with Crippen molar-refractivity contribution in [1.82, 2.24) is 0 Å². The lowest BCUT2D eigenvalue weighted by Crippen LogP contribution is -2.34. The van der Waals surface area contributed by atoms with Gasteiger partial charge in [-0.1, -0.05) is 155 Å². The summed E-state index contributed by atoms with van der Waals surface area (Å²) in [5.74, 6) is 6.03. The normalized spacial score (nSPS) is 23.3. The quantitative estimate of drug-likeness (QED) is 0.0225. The lowest BCUT2D eigenvalue weighted by atomic mass is 9.73. The molecular weight excluding hydrogens is 1870 g/mol. The molecule has 4 aromatic rings. The molecule has 0 heterocycles. The number of unbranched alkanes of at least 4 members (excludes halogenated alkanes) is 8. The first kappa shape index (κ1) is 122. The van der Waals surface area contributed by atoms with Gasteiger partial charge in [0.2, 0.25) is 0 Å². The fraction of sp³-hybridized carbons (Fsp3) is 0.710. The number of hydrogen-bond acceptors (Lipinski definition) is 24. The van der Waals surface area contributed by atoms with Crippen molar-refractivity contribution in [3.05, 3.63) is 117 Å². The average Bonchev–Trinajstić information content (AvgIpc) is 1.63. The van der Waals surface area contributed by atoms with E-state index in [-0.39, 0.29) is 170 Å². The third-order valence-corrected chi connectivity index (χ3v) is 31.9. The van der Waals surface area contributed by atoms with Crippen molar-refractivity contribution in [3.63, 3.8) is 0 Å². The molecule has 4 fully saturated rings. The molecule has 24 heteroatoms. The van der Waals surface area contributed by atoms with Crippen LogP contribution in [0.1, 0.15) is 401 Å². The van der Waals surface area contributed by atoms with Crippen molar-refractivity contribution < 1.29 is 114 Å². The van der Waals surface area contributed by atoms with Crippen LogP contribution in [0.2, 0.25) is 0 Å². The monoisotopic (exact) mass is 2060 g/mol. The van der Waals surface area contributed by atoms with Gasteiger partial charge in [-0.25, -0.2) is 0 Å². The van der Waals surface area contributed by atoms with Crippen LogP contribution in [0.15, 0.2) is 72.8 Å². The zero-order valence-electron chi connectivity index (χ0n) is 93.8. The van der Waals surface area contributed by atoms with Gasteiger partial charge in [0, 0.05) is 39.5 Å². The maximum Gasteiger partial charge on any atom is 0.311 e. The molecule has 0 aliphatic heterocycles. The Bertz CT molecular complexity index is 4910. The van der Waals surface area contributed by atoms with E-state index in [1.54, 1.807) is 0 Å². The number of carbonyl (C=O) groups is 12. The highest BCUT2D eigenvalue weighted by atomic mass is 16.6. The highest BCUT2D eigenvalue weighted by molar-refractivity contribution is 5.79. The number of Topliss-reactive ketones (excluding diaryl/α,β-unsaturated/α-hetero) is 4. The molecule has 12 rings (SSSR count). The first-order valence-electron chi connectivity index (χ1n) is 57.2. The van der Waals surface area contributed by atoms with Gasteiger partial charge in [0.25, 0.3) is 0 Å². The van der Waals surface area contributed by atoms with Crippen LogP contribution in [-0.4, -0.2) is 146 Å². The topological polar surface area (TPSA) is 316 Å². The molecule has 8 aliphatic rings. The molecule has 0 bridgehead atoms. The SMILES string of the molecule is CCCCC[C@@H](CC[C@@H]1[C@H]2Cc3cccc(OCC(C)=O)c3C[C@H]2C[C@H]1OC(=O)C(C)(C)C)OC(=O)C(C)(C)C.CCCCC[C@@H](CC[C@@H]1[C@H]2Cc3cccc(OCC(C)=O)c3C[C@H]2C[C@H]1OC(=O)CC)OC(=O)CC.CCCCC[C@@H](CC[C@@H]1[C@H]2Cc3cccc(OCC(C)=O)c3C[C@H]2C[C@H]1OC(=O)CCC)OC(=O)CCC.CCCCC[C@@H](CC[C@@H]1[C@H]2Cc3cccc(OCC(C)=O)c3C[C@H]2C[C@H]1OC(C)=O)OC(C)=O. The summed E-state index contributed by atoms with van der Waals surface area (Å²) < 4.78 is 70.9. The van der Waals surface area contributed by atoms with Crippen molar-refractivity contribution in [2.45, 2.75) is 457 Å². The average molecular weight is 2060 g/mol. The van der Waals surface area contributed by atoms with E-state index < -0.39 is 10.8 Å². The summed E-state index contributed by atoms with van der Waals surface area (Å²) in [6.07, 6.45) is 36.3. The molecule has 0 saturated heterocycles. The minimum atomic E-state index is -0.570. The lowest BCUT2D eigenvalue weighted by molar-refractivity contribution is -0.162. The first-order valence-corrected chi connectivity index (χ1v) is 57.2. The highest BCUT2D eigenvalue weighted by Crippen LogP contribution is 2.55. The van der Waals surface area contributed by atoms with Gasteiger partial charge in [-0.3, -0.25) is 57.5 Å². The fourth-order valence-electron chi connectivity index (χ4n) is 24.4. The number of benzene rings is 4. The minimum absolute atomic E-state index is 0.00188. The summed E-state index contributed by atoms with van der Waals surface area (Å²) >= 11 is 0. The summed E-state index contributed by atoms with van der Waals surface area (Å²) in [5, 5.41) is 0. The van der Waals surface area contributed by atoms with Crippen molar-refractivity contribution in [2.75, 3.05) is 26.4 Å². The Balaban J connectivity index is 0.000000220. The van der Waals surface area contributed by atoms with Crippen LogP contribution in [0.3, 0.4) is 0 Å². The summed E-state index contributed by atoms with van der Waals surface area (Å²) in [7, 11) is 0. The van der Waals surface area contributed by atoms with E-state index in [1.807, 2.05) is 118 Å². The van der Waals surface area contributed by atoms with E-state index in [0.717, 1.165) is 267 Å². The number of ether oxygens (including phenoxy) is 12. The number of esters is 8. The molecule has 24 nitrogen and oxygen atoms in total. The third-order valence-electron chi connectivity index (χ3n) is 31.9. The number of fused-ring (bicyclic) bond motifs is 8. The van der Waals surface area contributed by atoms with Gasteiger partial charge in [-0.15, -0.1) is 0 Å². The zero-order chi connectivity index (χ0) is 108. The van der Waals surface area contributed by atoms with Gasteiger partial charge >= 0.3 is 47.8 Å². The van der Waals surface area contributed by atoms with Gasteiger partial charge in [-0.05, 0) is 402 Å². The second-order valence-electron chi connectivity index (χ2n) is 46.1. The van der Waals surface area contributed by atoms with Crippen LogP contribution < -0.4 is 18.9 Å². The molecule has 148 heavy (non-hydrogen) atoms. The summed E-state index contributed by atoms with van der Waals surface area (Å²) in [4.78, 5) is 145. The van der Waals surface area contributed by atoms with Gasteiger partial charge in [0.05, 0.1) is 10.8 Å². The number of ketones is 4. The second-order valence-corrected chi connectivity index (χ2v) is 46.1. The Kier molecular flexibility index (Phi) is 50.5. The predicted molar refractivity (Wildman–Crippen MR) is 574 cm³/mol. The Morgan fingerprint density at radius 3 is 0.838 bits per heavy atom.